The first-order valence-electron chi connectivity index (χ1n) is 12.5. The molecule has 1 aliphatic heterocycles. The molecule has 0 fully saturated rings. The number of ether oxygens (including phenoxy) is 1. The lowest BCUT2D eigenvalue weighted by Crippen LogP contribution is -2.25. The summed E-state index contributed by atoms with van der Waals surface area (Å²) in [6.45, 7) is 0.982. The standard InChI is InChI=1S/C28H25F3N6O2S/c1-28(2,38)26-33-8-16(9-34-26)15-4-5-21-22(6-15)37-12-19-18(11-36(3)13-24(37)35-21)17(23-10-32-14-40-23)7-20(29)25(19)39-27(30)31/h4-10,14,27,38H,11-13H2,1-3H3. The van der Waals surface area contributed by atoms with E-state index in [1.54, 1.807) is 37.9 Å². The fraction of sp³-hybridized carbons (Fsp3) is 0.286. The SMILES string of the molecule is CN1Cc2c(-c3cncs3)cc(F)c(OC(F)F)c2Cn2c(nc3ccc(-c4cnc(C(C)(C)O)nc4)cc32)C1. The fourth-order valence-electron chi connectivity index (χ4n) is 5.02. The molecular formula is C28H25F3N6O2S. The number of fused-ring (bicyclic) bond motifs is 4. The van der Waals surface area contributed by atoms with Crippen LogP contribution < -0.4 is 4.74 Å². The summed E-state index contributed by atoms with van der Waals surface area (Å²) in [6.07, 6.45) is 4.92. The van der Waals surface area contributed by atoms with E-state index in [1.807, 2.05) is 34.7 Å². The van der Waals surface area contributed by atoms with Crippen molar-refractivity contribution in [3.05, 3.63) is 77.0 Å². The predicted octanol–water partition coefficient (Wildman–Crippen LogP) is 5.58. The molecule has 6 rings (SSSR count). The number of benzene rings is 2. The van der Waals surface area contributed by atoms with E-state index in [4.69, 9.17) is 9.72 Å². The monoisotopic (exact) mass is 566 g/mol. The van der Waals surface area contributed by atoms with E-state index in [2.05, 4.69) is 15.0 Å². The lowest BCUT2D eigenvalue weighted by atomic mass is 9.96. The molecule has 0 bridgehead atoms. The highest BCUT2D eigenvalue weighted by Gasteiger charge is 2.28. The Kier molecular flexibility index (Phi) is 6.56. The van der Waals surface area contributed by atoms with Gasteiger partial charge in [0.2, 0.25) is 0 Å². The highest BCUT2D eigenvalue weighted by atomic mass is 32.1. The second-order valence-electron chi connectivity index (χ2n) is 10.3. The van der Waals surface area contributed by atoms with Crippen LogP contribution >= 0.6 is 11.3 Å². The fourth-order valence-corrected chi connectivity index (χ4v) is 5.69. The van der Waals surface area contributed by atoms with Crippen molar-refractivity contribution < 1.29 is 23.0 Å². The van der Waals surface area contributed by atoms with Gasteiger partial charge in [0.15, 0.2) is 17.4 Å². The first-order valence-corrected chi connectivity index (χ1v) is 13.4. The van der Waals surface area contributed by atoms with Crippen LogP contribution in [0.5, 0.6) is 5.75 Å². The highest BCUT2D eigenvalue weighted by Crippen LogP contribution is 2.40. The first-order chi connectivity index (χ1) is 19.1. The smallest absolute Gasteiger partial charge is 0.387 e. The van der Waals surface area contributed by atoms with Gasteiger partial charge in [0.25, 0.3) is 0 Å². The summed E-state index contributed by atoms with van der Waals surface area (Å²) in [5.74, 6) is -0.313. The highest BCUT2D eigenvalue weighted by molar-refractivity contribution is 7.13. The molecule has 3 aromatic heterocycles. The minimum atomic E-state index is -3.19. The second kappa shape index (κ2) is 9.95. The minimum Gasteiger partial charge on any atom is -0.431 e. The van der Waals surface area contributed by atoms with Crippen molar-refractivity contribution in [1.82, 2.24) is 29.4 Å². The molecule has 206 valence electrons. The van der Waals surface area contributed by atoms with Crippen LogP contribution in [0.2, 0.25) is 0 Å². The van der Waals surface area contributed by atoms with Gasteiger partial charge >= 0.3 is 6.61 Å². The second-order valence-corrected chi connectivity index (χ2v) is 11.2. The number of thiazole rings is 1. The van der Waals surface area contributed by atoms with Crippen LogP contribution in [-0.4, -0.2) is 48.2 Å². The molecule has 5 aromatic rings. The van der Waals surface area contributed by atoms with Crippen molar-refractivity contribution in [3.8, 4) is 27.3 Å². The van der Waals surface area contributed by atoms with Gasteiger partial charge in [0.05, 0.1) is 34.5 Å². The van der Waals surface area contributed by atoms with Crippen LogP contribution in [0.15, 0.2) is 48.4 Å². The maximum absolute atomic E-state index is 15.4. The molecule has 0 atom stereocenters. The maximum atomic E-state index is 15.4. The van der Waals surface area contributed by atoms with Gasteiger partial charge in [-0.15, -0.1) is 11.3 Å². The molecule has 0 saturated heterocycles. The predicted molar refractivity (Wildman–Crippen MR) is 144 cm³/mol. The molecule has 2 aromatic carbocycles. The van der Waals surface area contributed by atoms with Gasteiger partial charge in [-0.05, 0) is 50.2 Å². The van der Waals surface area contributed by atoms with Crippen LogP contribution in [0.25, 0.3) is 32.6 Å². The van der Waals surface area contributed by atoms with Crippen molar-refractivity contribution in [2.24, 2.45) is 0 Å². The van der Waals surface area contributed by atoms with Crippen LogP contribution in [0, 0.1) is 5.82 Å². The van der Waals surface area contributed by atoms with Crippen molar-refractivity contribution in [1.29, 1.82) is 0 Å². The van der Waals surface area contributed by atoms with E-state index in [-0.39, 0.29) is 6.54 Å². The number of aromatic nitrogens is 5. The van der Waals surface area contributed by atoms with Gasteiger partial charge in [-0.2, -0.15) is 8.78 Å². The Balaban J connectivity index is 1.52. The molecule has 1 N–H and O–H groups in total. The first kappa shape index (κ1) is 26.4. The maximum Gasteiger partial charge on any atom is 0.387 e. The number of hydrogen-bond acceptors (Lipinski definition) is 8. The van der Waals surface area contributed by atoms with Gasteiger partial charge in [0.1, 0.15) is 11.4 Å². The summed E-state index contributed by atoms with van der Waals surface area (Å²) in [7, 11) is 1.90. The Hall–Kier alpha value is -3.87. The zero-order valence-corrected chi connectivity index (χ0v) is 22.7. The third-order valence-electron chi connectivity index (χ3n) is 6.87. The lowest BCUT2D eigenvalue weighted by molar-refractivity contribution is -0.0529. The molecule has 0 amide bonds. The Morgan fingerprint density at radius 2 is 1.80 bits per heavy atom. The Morgan fingerprint density at radius 1 is 1.02 bits per heavy atom. The van der Waals surface area contributed by atoms with Gasteiger partial charge in [-0.3, -0.25) is 9.88 Å². The molecule has 4 heterocycles. The average molecular weight is 567 g/mol. The molecule has 1 aliphatic rings. The summed E-state index contributed by atoms with van der Waals surface area (Å²) in [6, 6.07) is 6.95. The number of hydrogen-bond donors (Lipinski definition) is 1. The molecule has 0 aliphatic carbocycles. The number of rotatable bonds is 5. The molecule has 0 spiro atoms. The third kappa shape index (κ3) is 4.82. The van der Waals surface area contributed by atoms with Crippen molar-refractivity contribution in [2.75, 3.05) is 7.05 Å². The van der Waals surface area contributed by atoms with Crippen LogP contribution in [0.1, 0.15) is 36.6 Å². The molecule has 0 unspecified atom stereocenters. The minimum absolute atomic E-state index is 0.0816. The van der Waals surface area contributed by atoms with Gasteiger partial charge in [-0.25, -0.2) is 19.3 Å². The quantitative estimate of drug-likeness (QED) is 0.297. The Bertz CT molecular complexity index is 1700. The molecule has 8 nitrogen and oxygen atoms in total. The van der Waals surface area contributed by atoms with E-state index in [0.29, 0.717) is 46.9 Å². The largest absolute Gasteiger partial charge is 0.431 e. The number of halogens is 3. The summed E-state index contributed by atoms with van der Waals surface area (Å²) in [5.41, 5.74) is 5.09. The normalized spacial score (nSPS) is 14.2. The topological polar surface area (TPSA) is 89.2 Å². The van der Waals surface area contributed by atoms with Crippen molar-refractivity contribution in [3.63, 3.8) is 0 Å². The number of alkyl halides is 2. The van der Waals surface area contributed by atoms with Crippen LogP contribution in [-0.2, 0) is 25.2 Å². The van der Waals surface area contributed by atoms with E-state index in [9.17, 15) is 13.9 Å². The van der Waals surface area contributed by atoms with Crippen molar-refractivity contribution in [2.45, 2.75) is 45.7 Å². The van der Waals surface area contributed by atoms with Crippen molar-refractivity contribution >= 4 is 22.4 Å². The van der Waals surface area contributed by atoms with Crippen LogP contribution in [0.4, 0.5) is 13.2 Å². The van der Waals surface area contributed by atoms with E-state index in [1.165, 1.54) is 17.4 Å². The number of nitrogens with zero attached hydrogens (tertiary/aromatic N) is 6. The zero-order chi connectivity index (χ0) is 28.2. The summed E-state index contributed by atoms with van der Waals surface area (Å²) >= 11 is 1.35. The molecular weight excluding hydrogens is 541 g/mol. The van der Waals surface area contributed by atoms with E-state index in [0.717, 1.165) is 21.5 Å². The Labute approximate surface area is 231 Å². The van der Waals surface area contributed by atoms with Gasteiger partial charge in [-0.1, -0.05) is 6.07 Å². The zero-order valence-electron chi connectivity index (χ0n) is 21.9. The van der Waals surface area contributed by atoms with E-state index >= 15 is 4.39 Å². The van der Waals surface area contributed by atoms with Crippen LogP contribution in [0.3, 0.4) is 0 Å². The van der Waals surface area contributed by atoms with E-state index < -0.39 is 23.8 Å². The molecule has 0 radical (unpaired) electrons. The summed E-state index contributed by atoms with van der Waals surface area (Å²) < 4.78 is 49.0. The molecule has 12 heteroatoms. The molecule has 40 heavy (non-hydrogen) atoms. The van der Waals surface area contributed by atoms with Gasteiger partial charge in [0, 0.05) is 41.8 Å². The summed E-state index contributed by atoms with van der Waals surface area (Å²) in [5, 5.41) is 10.2. The number of aliphatic hydroxyl groups is 1. The lowest BCUT2D eigenvalue weighted by Gasteiger charge is -2.27. The summed E-state index contributed by atoms with van der Waals surface area (Å²) in [4.78, 5) is 20.3. The van der Waals surface area contributed by atoms with Gasteiger partial charge < -0.3 is 14.4 Å². The average Bonchev–Trinajstić information content (AvgIpc) is 3.54. The number of imidazole rings is 1. The Morgan fingerprint density at radius 3 is 2.48 bits per heavy atom. The molecule has 0 saturated carbocycles. The third-order valence-corrected chi connectivity index (χ3v) is 7.68.